The van der Waals surface area contributed by atoms with Gasteiger partial charge in [-0.15, -0.1) is 0 Å². The molecule has 0 bridgehead atoms. The highest BCUT2D eigenvalue weighted by Crippen LogP contribution is 2.37. The lowest BCUT2D eigenvalue weighted by atomic mass is 9.89. The number of nitrogens with zero attached hydrogens (tertiary/aromatic N) is 2. The van der Waals surface area contributed by atoms with E-state index in [1.54, 1.807) is 24.3 Å². The van der Waals surface area contributed by atoms with Crippen molar-refractivity contribution in [2.45, 2.75) is 31.6 Å². The van der Waals surface area contributed by atoms with Crippen LogP contribution in [0.4, 0.5) is 10.2 Å². The Labute approximate surface area is 181 Å². The van der Waals surface area contributed by atoms with Crippen molar-refractivity contribution in [3.63, 3.8) is 0 Å². The maximum atomic E-state index is 14.8. The van der Waals surface area contributed by atoms with Crippen molar-refractivity contribution in [2.75, 3.05) is 39.6 Å². The Bertz CT molecular complexity index is 956. The quantitative estimate of drug-likeness (QED) is 0.723. The van der Waals surface area contributed by atoms with Gasteiger partial charge in [0, 0.05) is 37.0 Å². The number of ether oxygens (including phenoxy) is 3. The zero-order chi connectivity index (χ0) is 22.0. The molecule has 1 amide bonds. The molecule has 4 rings (SSSR count). The van der Waals surface area contributed by atoms with Crippen molar-refractivity contribution in [3.05, 3.63) is 41.3 Å². The number of benzene rings is 1. The van der Waals surface area contributed by atoms with E-state index in [-0.39, 0.29) is 17.4 Å². The largest absolute Gasteiger partial charge is 0.496 e. The fourth-order valence-corrected chi connectivity index (χ4v) is 3.97. The fourth-order valence-electron chi connectivity index (χ4n) is 3.97. The van der Waals surface area contributed by atoms with E-state index < -0.39 is 5.82 Å². The molecule has 2 N–H and O–H groups in total. The number of anilines is 1. The number of aromatic nitrogens is 1. The van der Waals surface area contributed by atoms with E-state index in [0.717, 1.165) is 31.2 Å². The van der Waals surface area contributed by atoms with Crippen LogP contribution in [-0.4, -0.2) is 49.7 Å². The molecule has 1 saturated carbocycles. The summed E-state index contributed by atoms with van der Waals surface area (Å²) < 4.78 is 31.2. The number of halogens is 1. The molecule has 1 saturated heterocycles. The van der Waals surface area contributed by atoms with Crippen LogP contribution in [0.15, 0.2) is 24.4 Å². The van der Waals surface area contributed by atoms with Gasteiger partial charge >= 0.3 is 0 Å². The molecule has 0 spiro atoms. The van der Waals surface area contributed by atoms with Gasteiger partial charge in [-0.3, -0.25) is 4.79 Å². The summed E-state index contributed by atoms with van der Waals surface area (Å²) in [5.41, 5.74) is 6.73. The van der Waals surface area contributed by atoms with E-state index >= 15 is 0 Å². The van der Waals surface area contributed by atoms with Crippen LogP contribution in [0.5, 0.6) is 17.2 Å². The maximum Gasteiger partial charge on any atom is 0.256 e. The SMILES string of the molecule is COc1cc(C(=O)N2CCC(c3cnc(N)cc3OC)CC2)c(F)cc1OCC1CC1. The number of methoxy groups -OCH3 is 2. The molecule has 1 aromatic heterocycles. The summed E-state index contributed by atoms with van der Waals surface area (Å²) in [7, 11) is 3.09. The average Bonchev–Trinajstić information content (AvgIpc) is 3.62. The summed E-state index contributed by atoms with van der Waals surface area (Å²) in [5, 5.41) is 0. The molecule has 166 valence electrons. The smallest absolute Gasteiger partial charge is 0.256 e. The Hall–Kier alpha value is -3.03. The van der Waals surface area contributed by atoms with Crippen LogP contribution >= 0.6 is 0 Å². The number of pyridine rings is 1. The number of likely N-dealkylation sites (tertiary alicyclic amines) is 1. The first-order chi connectivity index (χ1) is 15.0. The molecule has 1 aliphatic carbocycles. The summed E-state index contributed by atoms with van der Waals surface area (Å²) in [4.78, 5) is 18.9. The van der Waals surface area contributed by atoms with Gasteiger partial charge in [0.15, 0.2) is 11.5 Å². The second-order valence-corrected chi connectivity index (χ2v) is 8.15. The predicted molar refractivity (Wildman–Crippen MR) is 114 cm³/mol. The highest BCUT2D eigenvalue weighted by molar-refractivity contribution is 5.95. The third-order valence-corrected chi connectivity index (χ3v) is 6.01. The van der Waals surface area contributed by atoms with Gasteiger partial charge in [-0.2, -0.15) is 0 Å². The number of rotatable bonds is 7. The lowest BCUT2D eigenvalue weighted by molar-refractivity contribution is 0.0707. The Morgan fingerprint density at radius 1 is 1.10 bits per heavy atom. The monoisotopic (exact) mass is 429 g/mol. The zero-order valence-corrected chi connectivity index (χ0v) is 17.9. The van der Waals surface area contributed by atoms with Crippen molar-refractivity contribution in [3.8, 4) is 17.2 Å². The number of amides is 1. The fraction of sp³-hybridized carbons (Fsp3) is 0.478. The first-order valence-corrected chi connectivity index (χ1v) is 10.6. The molecule has 0 unspecified atom stereocenters. The van der Waals surface area contributed by atoms with Crippen LogP contribution in [0.2, 0.25) is 0 Å². The van der Waals surface area contributed by atoms with E-state index in [4.69, 9.17) is 19.9 Å². The molecule has 1 aliphatic heterocycles. The molecule has 2 heterocycles. The molecule has 2 fully saturated rings. The normalized spacial score (nSPS) is 16.8. The van der Waals surface area contributed by atoms with Crippen LogP contribution in [0.25, 0.3) is 0 Å². The van der Waals surface area contributed by atoms with E-state index in [0.29, 0.717) is 48.7 Å². The minimum Gasteiger partial charge on any atom is -0.496 e. The second-order valence-electron chi connectivity index (χ2n) is 8.15. The topological polar surface area (TPSA) is 86.9 Å². The summed E-state index contributed by atoms with van der Waals surface area (Å²) >= 11 is 0. The van der Waals surface area contributed by atoms with Crippen molar-refractivity contribution in [1.82, 2.24) is 9.88 Å². The molecular formula is C23H28FN3O4. The molecule has 31 heavy (non-hydrogen) atoms. The van der Waals surface area contributed by atoms with Crippen LogP contribution in [0, 0.1) is 11.7 Å². The van der Waals surface area contributed by atoms with Gasteiger partial charge in [0.05, 0.1) is 26.4 Å². The molecule has 7 nitrogen and oxygen atoms in total. The average molecular weight is 429 g/mol. The number of carbonyl (C=O) groups excluding carboxylic acids is 1. The second kappa shape index (κ2) is 8.99. The Kier molecular flexibility index (Phi) is 6.15. The van der Waals surface area contributed by atoms with Crippen LogP contribution in [-0.2, 0) is 0 Å². The number of hydrogen-bond donors (Lipinski definition) is 1. The molecular weight excluding hydrogens is 401 g/mol. The highest BCUT2D eigenvalue weighted by Gasteiger charge is 2.29. The number of carbonyl (C=O) groups is 1. The molecule has 2 aromatic rings. The van der Waals surface area contributed by atoms with Gasteiger partial charge in [0.2, 0.25) is 0 Å². The van der Waals surface area contributed by atoms with Crippen LogP contribution in [0.3, 0.4) is 0 Å². The number of nitrogens with two attached hydrogens (primary N) is 1. The number of hydrogen-bond acceptors (Lipinski definition) is 6. The zero-order valence-electron chi connectivity index (χ0n) is 17.9. The van der Waals surface area contributed by atoms with E-state index in [2.05, 4.69) is 4.98 Å². The van der Waals surface area contributed by atoms with Crippen molar-refractivity contribution in [1.29, 1.82) is 0 Å². The van der Waals surface area contributed by atoms with Gasteiger partial charge in [-0.25, -0.2) is 9.37 Å². The minimum absolute atomic E-state index is 0.000744. The molecule has 1 aromatic carbocycles. The first-order valence-electron chi connectivity index (χ1n) is 10.6. The minimum atomic E-state index is -0.594. The molecule has 0 radical (unpaired) electrons. The summed E-state index contributed by atoms with van der Waals surface area (Å²) in [5.74, 6) is 1.61. The molecule has 8 heteroatoms. The third kappa shape index (κ3) is 4.68. The molecule has 2 aliphatic rings. The van der Waals surface area contributed by atoms with E-state index in [1.165, 1.54) is 19.2 Å². The summed E-state index contributed by atoms with van der Waals surface area (Å²) in [6, 6.07) is 4.41. The van der Waals surface area contributed by atoms with Gasteiger partial charge in [-0.1, -0.05) is 0 Å². The lowest BCUT2D eigenvalue weighted by Crippen LogP contribution is -2.38. The molecule has 0 atom stereocenters. The third-order valence-electron chi connectivity index (χ3n) is 6.01. The van der Waals surface area contributed by atoms with E-state index in [9.17, 15) is 9.18 Å². The Morgan fingerprint density at radius 2 is 1.81 bits per heavy atom. The van der Waals surface area contributed by atoms with Gasteiger partial charge < -0.3 is 24.8 Å². The Balaban J connectivity index is 1.44. The van der Waals surface area contributed by atoms with Gasteiger partial charge in [-0.05, 0) is 43.6 Å². The van der Waals surface area contributed by atoms with Crippen molar-refractivity contribution < 1.29 is 23.4 Å². The number of nitrogen functional groups attached to an aromatic ring is 1. The number of piperidine rings is 1. The highest BCUT2D eigenvalue weighted by atomic mass is 19.1. The van der Waals surface area contributed by atoms with Gasteiger partial charge in [0.1, 0.15) is 17.4 Å². The maximum absolute atomic E-state index is 14.8. The first kappa shape index (κ1) is 21.2. The summed E-state index contributed by atoms with van der Waals surface area (Å²) in [6.07, 6.45) is 5.47. The van der Waals surface area contributed by atoms with E-state index in [1.807, 2.05) is 0 Å². The standard InChI is InChI=1S/C23H28FN3O4/c1-29-19-11-22(25)26-12-17(19)15-5-7-27(8-6-15)23(28)16-9-20(30-2)21(10-18(16)24)31-13-14-3-4-14/h9-12,14-15H,3-8,13H2,1-2H3,(H2,25,26). The Morgan fingerprint density at radius 3 is 2.45 bits per heavy atom. The van der Waals surface area contributed by atoms with Crippen molar-refractivity contribution >= 4 is 11.7 Å². The summed E-state index contributed by atoms with van der Waals surface area (Å²) in [6.45, 7) is 1.57. The predicted octanol–water partition coefficient (Wildman–Crippen LogP) is 3.63. The van der Waals surface area contributed by atoms with Crippen LogP contribution < -0.4 is 19.9 Å². The lowest BCUT2D eigenvalue weighted by Gasteiger charge is -2.32. The van der Waals surface area contributed by atoms with Crippen LogP contribution in [0.1, 0.15) is 47.5 Å². The van der Waals surface area contributed by atoms with Gasteiger partial charge in [0.25, 0.3) is 5.91 Å². The van der Waals surface area contributed by atoms with Crippen molar-refractivity contribution in [2.24, 2.45) is 5.92 Å².